The van der Waals surface area contributed by atoms with E-state index >= 15 is 0 Å². The Morgan fingerprint density at radius 3 is 1.76 bits per heavy atom. The summed E-state index contributed by atoms with van der Waals surface area (Å²) in [5, 5.41) is 4.92. The second-order valence-electron chi connectivity index (χ2n) is 14.1. The van der Waals surface area contributed by atoms with Crippen LogP contribution in [0.2, 0.25) is 0 Å². The van der Waals surface area contributed by atoms with Crippen LogP contribution >= 0.6 is 0 Å². The lowest BCUT2D eigenvalue weighted by Crippen LogP contribution is -2.15. The third-order valence-corrected chi connectivity index (χ3v) is 10.8. The predicted octanol–water partition coefficient (Wildman–Crippen LogP) is 12.6. The Bertz CT molecular complexity index is 2770. The van der Waals surface area contributed by atoms with Crippen molar-refractivity contribution in [2.24, 2.45) is 0 Å². The fourth-order valence-electron chi connectivity index (χ4n) is 8.18. The average Bonchev–Trinajstić information content (AvgIpc) is 3.62. The van der Waals surface area contributed by atoms with Crippen LogP contribution in [0.3, 0.4) is 0 Å². The van der Waals surface area contributed by atoms with Crippen LogP contribution in [0.4, 0.5) is 0 Å². The van der Waals surface area contributed by atoms with Gasteiger partial charge in [0.25, 0.3) is 0 Å². The van der Waals surface area contributed by atoms with E-state index in [4.69, 9.17) is 4.98 Å². The van der Waals surface area contributed by atoms with Gasteiger partial charge >= 0.3 is 0 Å². The van der Waals surface area contributed by atoms with Gasteiger partial charge in [-0.3, -0.25) is 4.98 Å². The molecule has 2 heterocycles. The van der Waals surface area contributed by atoms with Crippen molar-refractivity contribution in [3.8, 4) is 50.3 Å². The van der Waals surface area contributed by atoms with Crippen molar-refractivity contribution in [1.29, 1.82) is 0 Å². The molecular weight excluding hydrogens is 605 g/mol. The molecule has 2 aromatic heterocycles. The van der Waals surface area contributed by atoms with Crippen molar-refractivity contribution >= 4 is 32.6 Å². The minimum atomic E-state index is -0.126. The van der Waals surface area contributed by atoms with Gasteiger partial charge in [0.05, 0.1) is 16.7 Å². The third kappa shape index (κ3) is 4.38. The van der Waals surface area contributed by atoms with Crippen molar-refractivity contribution < 1.29 is 0 Å². The molecule has 236 valence electrons. The summed E-state index contributed by atoms with van der Waals surface area (Å²) in [5.41, 5.74) is 16.0. The summed E-state index contributed by atoms with van der Waals surface area (Å²) in [7, 11) is 0. The molecule has 1 aliphatic carbocycles. The first-order chi connectivity index (χ1) is 24.5. The quantitative estimate of drug-likeness (QED) is 0.188. The zero-order valence-corrected chi connectivity index (χ0v) is 28.1. The highest BCUT2D eigenvalue weighted by Crippen LogP contribution is 2.51. The van der Waals surface area contributed by atoms with Gasteiger partial charge in [-0.15, -0.1) is 0 Å². The highest BCUT2D eigenvalue weighted by atomic mass is 15.0. The molecule has 2 heteroatoms. The minimum Gasteiger partial charge on any atom is -0.309 e. The molecule has 7 aromatic carbocycles. The van der Waals surface area contributed by atoms with E-state index in [0.717, 1.165) is 16.6 Å². The summed E-state index contributed by atoms with van der Waals surface area (Å²) in [6, 6.07) is 59.8. The van der Waals surface area contributed by atoms with E-state index < -0.39 is 0 Å². The molecule has 0 bridgehead atoms. The Morgan fingerprint density at radius 1 is 0.440 bits per heavy atom. The predicted molar refractivity (Wildman–Crippen MR) is 210 cm³/mol. The molecule has 0 atom stereocenters. The van der Waals surface area contributed by atoms with Crippen LogP contribution in [0.15, 0.2) is 170 Å². The Balaban J connectivity index is 1.000. The Kier molecular flexibility index (Phi) is 6.25. The van der Waals surface area contributed by atoms with Gasteiger partial charge in [0.2, 0.25) is 0 Å². The molecule has 1 aliphatic rings. The molecule has 0 spiro atoms. The number of fused-ring (bicyclic) bond motifs is 7. The molecule has 0 radical (unpaired) electrons. The summed E-state index contributed by atoms with van der Waals surface area (Å²) in [4.78, 5) is 4.74. The minimum absolute atomic E-state index is 0.126. The summed E-state index contributed by atoms with van der Waals surface area (Å²) in [6.07, 6.45) is 1.97. The van der Waals surface area contributed by atoms with Gasteiger partial charge < -0.3 is 4.57 Å². The molecule has 0 unspecified atom stereocenters. The normalized spacial score (nSPS) is 13.2. The van der Waals surface area contributed by atoms with Crippen LogP contribution in [0, 0.1) is 0 Å². The monoisotopic (exact) mass is 638 g/mol. The number of nitrogens with zero attached hydrogens (tertiary/aromatic N) is 2. The van der Waals surface area contributed by atoms with Crippen molar-refractivity contribution in [1.82, 2.24) is 9.55 Å². The Hall–Kier alpha value is -6.25. The summed E-state index contributed by atoms with van der Waals surface area (Å²) >= 11 is 0. The first-order valence-corrected chi connectivity index (χ1v) is 17.4. The highest BCUT2D eigenvalue weighted by Gasteiger charge is 2.36. The van der Waals surface area contributed by atoms with E-state index in [-0.39, 0.29) is 5.41 Å². The van der Waals surface area contributed by atoms with Gasteiger partial charge in [-0.2, -0.15) is 0 Å². The number of benzene rings is 7. The largest absolute Gasteiger partial charge is 0.309 e. The van der Waals surface area contributed by atoms with Gasteiger partial charge in [-0.1, -0.05) is 129 Å². The van der Waals surface area contributed by atoms with E-state index in [9.17, 15) is 0 Å². The number of rotatable bonds is 4. The second-order valence-corrected chi connectivity index (χ2v) is 14.1. The summed E-state index contributed by atoms with van der Waals surface area (Å²) in [6.45, 7) is 4.74. The zero-order valence-electron chi connectivity index (χ0n) is 28.1. The van der Waals surface area contributed by atoms with Crippen LogP contribution in [-0.2, 0) is 5.41 Å². The lowest BCUT2D eigenvalue weighted by atomic mass is 9.81. The van der Waals surface area contributed by atoms with E-state index in [0.29, 0.717) is 0 Å². The summed E-state index contributed by atoms with van der Waals surface area (Å²) < 4.78 is 2.38. The van der Waals surface area contributed by atoms with E-state index in [2.05, 4.69) is 182 Å². The van der Waals surface area contributed by atoms with Gasteiger partial charge in [0, 0.05) is 39.0 Å². The third-order valence-electron chi connectivity index (χ3n) is 10.8. The average molecular weight is 639 g/mol. The molecule has 0 saturated heterocycles. The first-order valence-electron chi connectivity index (χ1n) is 17.4. The number of hydrogen-bond donors (Lipinski definition) is 0. The zero-order chi connectivity index (χ0) is 33.4. The molecule has 0 fully saturated rings. The lowest BCUT2D eigenvalue weighted by molar-refractivity contribution is 0.661. The molecule has 50 heavy (non-hydrogen) atoms. The number of para-hydroxylation sites is 2. The SMILES string of the molecule is CC1(C)c2cc(-c3ccc(-c4cc5ccccc5cn4)cc3)ccc2-c2ccc(-c3ccc4c(c3)c3ccccc3n4-c3ccccc3)cc21. The smallest absolute Gasteiger partial charge is 0.0708 e. The molecule has 0 N–H and O–H groups in total. The van der Waals surface area contributed by atoms with Crippen LogP contribution < -0.4 is 0 Å². The van der Waals surface area contributed by atoms with E-state index in [1.54, 1.807) is 0 Å². The van der Waals surface area contributed by atoms with Crippen molar-refractivity contribution in [3.05, 3.63) is 181 Å². The Labute approximate surface area is 291 Å². The number of aromatic nitrogens is 2. The fourth-order valence-corrected chi connectivity index (χ4v) is 8.18. The number of hydrogen-bond acceptors (Lipinski definition) is 1. The first kappa shape index (κ1) is 28.7. The van der Waals surface area contributed by atoms with Crippen molar-refractivity contribution in [2.75, 3.05) is 0 Å². The van der Waals surface area contributed by atoms with E-state index in [1.165, 1.54) is 77.4 Å². The van der Waals surface area contributed by atoms with Crippen LogP contribution in [0.25, 0.3) is 82.9 Å². The van der Waals surface area contributed by atoms with Crippen molar-refractivity contribution in [2.45, 2.75) is 19.3 Å². The van der Waals surface area contributed by atoms with Gasteiger partial charge in [-0.25, -0.2) is 0 Å². The maximum absolute atomic E-state index is 4.74. The lowest BCUT2D eigenvalue weighted by Gasteiger charge is -2.22. The standard InChI is InChI=1S/C48H34N2/c1-48(2)43-27-35(31-16-18-32(19-17-31)45-29-33-10-6-7-11-37(33)30-49-45)20-23-39(43)40-24-21-36(28-44(40)48)34-22-25-47-42(26-34)41-14-8-9-15-46(41)50(47)38-12-4-3-5-13-38/h3-30H,1-2H3. The topological polar surface area (TPSA) is 17.8 Å². The molecule has 10 rings (SSSR count). The highest BCUT2D eigenvalue weighted by molar-refractivity contribution is 6.10. The van der Waals surface area contributed by atoms with Gasteiger partial charge in [0.1, 0.15) is 0 Å². The van der Waals surface area contributed by atoms with Crippen molar-refractivity contribution in [3.63, 3.8) is 0 Å². The molecule has 9 aromatic rings. The molecular formula is C48H34N2. The van der Waals surface area contributed by atoms with Crippen LogP contribution in [-0.4, -0.2) is 9.55 Å². The summed E-state index contributed by atoms with van der Waals surface area (Å²) in [5.74, 6) is 0. The molecule has 0 aliphatic heterocycles. The maximum atomic E-state index is 4.74. The van der Waals surface area contributed by atoms with Crippen LogP contribution in [0.1, 0.15) is 25.0 Å². The number of pyridine rings is 1. The molecule has 2 nitrogen and oxygen atoms in total. The van der Waals surface area contributed by atoms with E-state index in [1.807, 2.05) is 6.20 Å². The van der Waals surface area contributed by atoms with Gasteiger partial charge in [0.15, 0.2) is 0 Å². The van der Waals surface area contributed by atoms with Crippen LogP contribution in [0.5, 0.6) is 0 Å². The molecule has 0 saturated carbocycles. The second kappa shape index (κ2) is 10.9. The van der Waals surface area contributed by atoms with Gasteiger partial charge in [-0.05, 0) is 98.4 Å². The fraction of sp³-hybridized carbons (Fsp3) is 0.0625. The maximum Gasteiger partial charge on any atom is 0.0708 e. The molecule has 0 amide bonds. The Morgan fingerprint density at radius 2 is 1.00 bits per heavy atom.